The first-order valence-electron chi connectivity index (χ1n) is 7.10. The molecule has 2 aromatic rings. The third kappa shape index (κ3) is 1.74. The number of carboxylic acid groups (broad SMARTS) is 1. The van der Waals surface area contributed by atoms with E-state index in [1.165, 1.54) is 21.9 Å². The number of benzene rings is 1. The fourth-order valence-electron chi connectivity index (χ4n) is 3.42. The van der Waals surface area contributed by atoms with Gasteiger partial charge >= 0.3 is 5.97 Å². The Bertz CT molecular complexity index is 862. The molecule has 1 amide bonds. The second-order valence-corrected chi connectivity index (χ2v) is 5.57. The van der Waals surface area contributed by atoms with Crippen molar-refractivity contribution in [1.29, 1.82) is 0 Å². The molecule has 0 aliphatic carbocycles. The number of hydrogen-bond acceptors (Lipinski definition) is 3. The number of halogens is 2. The Morgan fingerprint density at radius 1 is 1.35 bits per heavy atom. The maximum Gasteiger partial charge on any atom is 0.356 e. The Labute approximate surface area is 129 Å². The molecule has 2 aliphatic rings. The van der Waals surface area contributed by atoms with Crippen molar-refractivity contribution in [1.82, 2.24) is 14.5 Å². The second kappa shape index (κ2) is 4.61. The number of nitrogens with zero attached hydrogens (tertiary/aromatic N) is 3. The number of fused-ring (bicyclic) bond motifs is 5. The van der Waals surface area contributed by atoms with Crippen molar-refractivity contribution in [2.45, 2.75) is 18.9 Å². The van der Waals surface area contributed by atoms with E-state index in [9.17, 15) is 23.5 Å². The number of carbonyl (C=O) groups excluding carboxylic acids is 1. The number of aromatic nitrogens is 2. The van der Waals surface area contributed by atoms with Crippen LogP contribution in [0.3, 0.4) is 0 Å². The monoisotopic (exact) mass is 319 g/mol. The highest BCUT2D eigenvalue weighted by atomic mass is 19.2. The van der Waals surface area contributed by atoms with E-state index in [0.29, 0.717) is 25.1 Å². The second-order valence-electron chi connectivity index (χ2n) is 5.57. The van der Waals surface area contributed by atoms with Gasteiger partial charge in [0.15, 0.2) is 17.3 Å². The van der Waals surface area contributed by atoms with Crippen LogP contribution in [0.4, 0.5) is 8.78 Å². The Balaban J connectivity index is 2.08. The number of carbonyl (C=O) groups is 2. The topological polar surface area (TPSA) is 75.4 Å². The summed E-state index contributed by atoms with van der Waals surface area (Å²) in [5, 5.41) is 9.34. The van der Waals surface area contributed by atoms with Crippen LogP contribution < -0.4 is 0 Å². The number of carboxylic acids is 1. The number of amides is 1. The van der Waals surface area contributed by atoms with Crippen molar-refractivity contribution in [3.63, 3.8) is 0 Å². The third-order valence-electron chi connectivity index (χ3n) is 4.38. The molecule has 4 rings (SSSR count). The zero-order valence-corrected chi connectivity index (χ0v) is 11.8. The lowest BCUT2D eigenvalue weighted by atomic mass is 10.1. The zero-order chi connectivity index (χ0) is 16.3. The first-order valence-corrected chi connectivity index (χ1v) is 7.10. The van der Waals surface area contributed by atoms with Gasteiger partial charge in [-0.05, 0) is 25.0 Å². The number of hydrogen-bond donors (Lipinski definition) is 1. The molecule has 1 aromatic carbocycles. The number of imidazole rings is 1. The molecule has 6 nitrogen and oxygen atoms in total. The summed E-state index contributed by atoms with van der Waals surface area (Å²) in [5.41, 5.74) is -0.122. The smallest absolute Gasteiger partial charge is 0.356 e. The van der Waals surface area contributed by atoms with Crippen LogP contribution in [-0.4, -0.2) is 38.0 Å². The van der Waals surface area contributed by atoms with Gasteiger partial charge in [0.25, 0.3) is 5.91 Å². The lowest BCUT2D eigenvalue weighted by Crippen LogP contribution is -2.31. The zero-order valence-electron chi connectivity index (χ0n) is 11.8. The van der Waals surface area contributed by atoms with Crippen LogP contribution in [0.5, 0.6) is 0 Å². The predicted octanol–water partition coefficient (Wildman–Crippen LogP) is 2.14. The van der Waals surface area contributed by atoms with E-state index >= 15 is 0 Å². The highest BCUT2D eigenvalue weighted by Crippen LogP contribution is 2.40. The fraction of sp³-hybridized carbons (Fsp3) is 0.267. The van der Waals surface area contributed by atoms with Gasteiger partial charge in [0, 0.05) is 6.54 Å². The SMILES string of the molecule is O=C(O)c1ncn2c1[C@@H]1CCCN1C(=O)c1c-2ccc(F)c1F. The predicted molar refractivity (Wildman–Crippen MR) is 73.5 cm³/mol. The van der Waals surface area contributed by atoms with Crippen LogP contribution in [0.1, 0.15) is 45.4 Å². The summed E-state index contributed by atoms with van der Waals surface area (Å²) in [7, 11) is 0. The molecule has 0 spiro atoms. The molecule has 0 unspecified atom stereocenters. The minimum absolute atomic E-state index is 0.110. The summed E-state index contributed by atoms with van der Waals surface area (Å²) >= 11 is 0. The van der Waals surface area contributed by atoms with Crippen LogP contribution >= 0.6 is 0 Å². The maximum absolute atomic E-state index is 14.3. The van der Waals surface area contributed by atoms with E-state index in [2.05, 4.69) is 4.98 Å². The van der Waals surface area contributed by atoms with Crippen LogP contribution in [0.15, 0.2) is 18.5 Å². The molecule has 23 heavy (non-hydrogen) atoms. The van der Waals surface area contributed by atoms with Gasteiger partial charge in [-0.2, -0.15) is 0 Å². The molecule has 2 aliphatic heterocycles. The van der Waals surface area contributed by atoms with E-state index in [0.717, 1.165) is 6.07 Å². The first-order chi connectivity index (χ1) is 11.0. The minimum atomic E-state index is -1.23. The quantitative estimate of drug-likeness (QED) is 0.874. The molecule has 1 saturated heterocycles. The number of aromatic carboxylic acids is 1. The Kier molecular flexibility index (Phi) is 2.78. The molecule has 1 N–H and O–H groups in total. The van der Waals surface area contributed by atoms with E-state index in [4.69, 9.17) is 0 Å². The highest BCUT2D eigenvalue weighted by Gasteiger charge is 2.41. The standard InChI is InChI=1S/C15H11F2N3O3/c16-7-3-4-8-10(11(7)17)14(21)19-5-1-2-9(19)13-12(15(22)23)18-6-20(8)13/h3-4,6,9H,1-2,5H2,(H,22,23)/t9-/m0/s1. The Morgan fingerprint density at radius 2 is 2.13 bits per heavy atom. The molecular formula is C15H11F2N3O3. The molecule has 0 radical (unpaired) electrons. The normalized spacial score (nSPS) is 19.1. The lowest BCUT2D eigenvalue weighted by molar-refractivity contribution is 0.0672. The Morgan fingerprint density at radius 3 is 2.87 bits per heavy atom. The van der Waals surface area contributed by atoms with Crippen LogP contribution in [-0.2, 0) is 0 Å². The van der Waals surface area contributed by atoms with E-state index in [-0.39, 0.29) is 16.9 Å². The van der Waals surface area contributed by atoms with Gasteiger partial charge in [0.2, 0.25) is 0 Å². The maximum atomic E-state index is 14.3. The van der Waals surface area contributed by atoms with Gasteiger partial charge in [-0.25, -0.2) is 18.6 Å². The highest BCUT2D eigenvalue weighted by molar-refractivity contribution is 6.00. The van der Waals surface area contributed by atoms with E-state index < -0.39 is 29.6 Å². The van der Waals surface area contributed by atoms with Gasteiger partial charge in [-0.1, -0.05) is 0 Å². The third-order valence-corrected chi connectivity index (χ3v) is 4.38. The summed E-state index contributed by atoms with van der Waals surface area (Å²) in [6.07, 6.45) is 2.45. The van der Waals surface area contributed by atoms with Gasteiger partial charge in [-0.15, -0.1) is 0 Å². The van der Waals surface area contributed by atoms with Gasteiger partial charge in [0.1, 0.15) is 11.9 Å². The molecule has 8 heteroatoms. The van der Waals surface area contributed by atoms with Crippen LogP contribution in [0, 0.1) is 11.6 Å². The average molecular weight is 319 g/mol. The van der Waals surface area contributed by atoms with Gasteiger partial charge in [-0.3, -0.25) is 9.36 Å². The van der Waals surface area contributed by atoms with Crippen molar-refractivity contribution < 1.29 is 23.5 Å². The van der Waals surface area contributed by atoms with E-state index in [1.54, 1.807) is 0 Å². The summed E-state index contributed by atoms with van der Waals surface area (Å²) in [5.74, 6) is -4.19. The fourth-order valence-corrected chi connectivity index (χ4v) is 3.42. The summed E-state index contributed by atoms with van der Waals surface area (Å²) in [4.78, 5) is 29.4. The summed E-state index contributed by atoms with van der Waals surface area (Å²) in [6, 6.07) is 1.68. The molecule has 0 saturated carbocycles. The molecular weight excluding hydrogens is 308 g/mol. The van der Waals surface area contributed by atoms with Crippen molar-refractivity contribution >= 4 is 11.9 Å². The lowest BCUT2D eigenvalue weighted by Gasteiger charge is -2.22. The summed E-state index contributed by atoms with van der Waals surface area (Å²) in [6.45, 7) is 0.364. The van der Waals surface area contributed by atoms with Crippen molar-refractivity contribution in [2.24, 2.45) is 0 Å². The molecule has 3 heterocycles. The number of rotatable bonds is 1. The van der Waals surface area contributed by atoms with Crippen molar-refractivity contribution in [3.05, 3.63) is 47.0 Å². The molecule has 0 bridgehead atoms. The van der Waals surface area contributed by atoms with Crippen LogP contribution in [0.2, 0.25) is 0 Å². The van der Waals surface area contributed by atoms with Crippen molar-refractivity contribution in [2.75, 3.05) is 6.54 Å². The molecule has 118 valence electrons. The Hall–Kier alpha value is -2.77. The molecule has 1 fully saturated rings. The van der Waals surface area contributed by atoms with Gasteiger partial charge in [0.05, 0.1) is 17.4 Å². The van der Waals surface area contributed by atoms with E-state index in [1.807, 2.05) is 0 Å². The largest absolute Gasteiger partial charge is 0.476 e. The molecule has 1 aromatic heterocycles. The average Bonchev–Trinajstić information content (AvgIpc) is 3.12. The van der Waals surface area contributed by atoms with Gasteiger partial charge < -0.3 is 10.0 Å². The summed E-state index contributed by atoms with van der Waals surface area (Å²) < 4.78 is 29.2. The van der Waals surface area contributed by atoms with Crippen LogP contribution in [0.25, 0.3) is 5.69 Å². The minimum Gasteiger partial charge on any atom is -0.476 e. The van der Waals surface area contributed by atoms with Crippen molar-refractivity contribution in [3.8, 4) is 5.69 Å². The first kappa shape index (κ1) is 13.9. The molecule has 1 atom stereocenters.